The van der Waals surface area contributed by atoms with Crippen LogP contribution in [0, 0.1) is 0 Å². The van der Waals surface area contributed by atoms with Crippen LogP contribution < -0.4 is 4.90 Å². The lowest BCUT2D eigenvalue weighted by Gasteiger charge is -2.35. The third-order valence-electron chi connectivity index (χ3n) is 4.15. The summed E-state index contributed by atoms with van der Waals surface area (Å²) in [5.74, 6) is -0.819. The molecule has 128 valence electrons. The molecule has 0 N–H and O–H groups in total. The fourth-order valence-corrected chi connectivity index (χ4v) is 2.85. The van der Waals surface area contributed by atoms with Crippen molar-refractivity contribution in [3.8, 4) is 0 Å². The lowest BCUT2D eigenvalue weighted by molar-refractivity contribution is -0.144. The number of rotatable bonds is 4. The van der Waals surface area contributed by atoms with Gasteiger partial charge in [-0.15, -0.1) is 0 Å². The maximum Gasteiger partial charge on any atom is 0.335 e. The Labute approximate surface area is 139 Å². The Kier molecular flexibility index (Phi) is 4.43. The number of piperazine rings is 1. The van der Waals surface area contributed by atoms with Crippen molar-refractivity contribution < 1.29 is 14.4 Å². The zero-order chi connectivity index (χ0) is 17.3. The normalized spacial score (nSPS) is 19.8. The SMILES string of the molecule is CC(C)N1C(=O)C(=O)N(CN2CCN(c3ncccn3)CC2)C1=O. The molecule has 0 unspecified atom stereocenters. The quantitative estimate of drug-likeness (QED) is 0.555. The predicted molar refractivity (Wildman–Crippen MR) is 84.9 cm³/mol. The highest BCUT2D eigenvalue weighted by molar-refractivity contribution is 6.44. The van der Waals surface area contributed by atoms with Gasteiger partial charge >= 0.3 is 17.8 Å². The fraction of sp³-hybridized carbons (Fsp3) is 0.533. The van der Waals surface area contributed by atoms with Gasteiger partial charge in [-0.05, 0) is 19.9 Å². The van der Waals surface area contributed by atoms with E-state index in [1.54, 1.807) is 32.3 Å². The number of hydrogen-bond donors (Lipinski definition) is 0. The monoisotopic (exact) mass is 332 g/mol. The molecule has 2 saturated heterocycles. The van der Waals surface area contributed by atoms with E-state index < -0.39 is 17.8 Å². The first-order valence-corrected chi connectivity index (χ1v) is 7.92. The lowest BCUT2D eigenvalue weighted by Crippen LogP contribution is -2.52. The van der Waals surface area contributed by atoms with Crippen molar-refractivity contribution in [2.75, 3.05) is 37.7 Å². The number of carbonyl (C=O) groups is 3. The van der Waals surface area contributed by atoms with Gasteiger partial charge in [-0.2, -0.15) is 0 Å². The van der Waals surface area contributed by atoms with Crippen molar-refractivity contribution in [3.63, 3.8) is 0 Å². The average molecular weight is 332 g/mol. The summed E-state index contributed by atoms with van der Waals surface area (Å²) in [7, 11) is 0. The molecule has 0 atom stereocenters. The van der Waals surface area contributed by atoms with E-state index in [-0.39, 0.29) is 12.7 Å². The molecule has 0 aromatic carbocycles. The van der Waals surface area contributed by atoms with Gasteiger partial charge in [-0.1, -0.05) is 0 Å². The van der Waals surface area contributed by atoms with Gasteiger partial charge in [-0.25, -0.2) is 19.7 Å². The highest BCUT2D eigenvalue weighted by atomic mass is 16.2. The summed E-state index contributed by atoms with van der Waals surface area (Å²) in [5, 5.41) is 0. The second kappa shape index (κ2) is 6.52. The minimum Gasteiger partial charge on any atom is -0.338 e. The second-order valence-corrected chi connectivity index (χ2v) is 6.08. The minimum absolute atomic E-state index is 0.135. The van der Waals surface area contributed by atoms with E-state index in [0.29, 0.717) is 32.1 Å². The first-order chi connectivity index (χ1) is 11.5. The van der Waals surface area contributed by atoms with Crippen LogP contribution in [0.3, 0.4) is 0 Å². The molecule has 9 nitrogen and oxygen atoms in total. The van der Waals surface area contributed by atoms with Crippen molar-refractivity contribution in [3.05, 3.63) is 18.5 Å². The summed E-state index contributed by atoms with van der Waals surface area (Å²) in [6, 6.07) is 0.904. The third-order valence-corrected chi connectivity index (χ3v) is 4.15. The van der Waals surface area contributed by atoms with E-state index in [4.69, 9.17) is 0 Å². The molecule has 1 aromatic rings. The van der Waals surface area contributed by atoms with Gasteiger partial charge in [0.05, 0.1) is 6.67 Å². The molecule has 0 radical (unpaired) electrons. The zero-order valence-corrected chi connectivity index (χ0v) is 13.8. The van der Waals surface area contributed by atoms with Gasteiger partial charge in [-0.3, -0.25) is 19.4 Å². The molecule has 0 spiro atoms. The highest BCUT2D eigenvalue weighted by Gasteiger charge is 2.46. The summed E-state index contributed by atoms with van der Waals surface area (Å²) in [5.41, 5.74) is 0. The van der Waals surface area contributed by atoms with Gasteiger partial charge in [0.25, 0.3) is 0 Å². The molecule has 0 aliphatic carbocycles. The van der Waals surface area contributed by atoms with Crippen molar-refractivity contribution in [2.45, 2.75) is 19.9 Å². The molecule has 0 saturated carbocycles. The molecule has 1 aromatic heterocycles. The Morgan fingerprint density at radius 1 is 1.00 bits per heavy atom. The number of imide groups is 2. The van der Waals surface area contributed by atoms with E-state index in [1.807, 2.05) is 4.90 Å². The van der Waals surface area contributed by atoms with Crippen molar-refractivity contribution in [1.82, 2.24) is 24.7 Å². The molecule has 3 rings (SSSR count). The van der Waals surface area contributed by atoms with Crippen molar-refractivity contribution in [1.29, 1.82) is 0 Å². The Balaban J connectivity index is 1.59. The van der Waals surface area contributed by atoms with Crippen LogP contribution in [-0.4, -0.2) is 81.4 Å². The van der Waals surface area contributed by atoms with E-state index in [2.05, 4.69) is 14.9 Å². The number of nitrogens with zero attached hydrogens (tertiary/aromatic N) is 6. The molecule has 2 aliphatic rings. The number of carbonyl (C=O) groups excluding carboxylic acids is 3. The van der Waals surface area contributed by atoms with Crippen LogP contribution in [0.1, 0.15) is 13.8 Å². The number of aromatic nitrogens is 2. The van der Waals surface area contributed by atoms with Crippen LogP contribution in [0.15, 0.2) is 18.5 Å². The van der Waals surface area contributed by atoms with Gasteiger partial charge in [0, 0.05) is 44.6 Å². The summed E-state index contributed by atoms with van der Waals surface area (Å²) < 4.78 is 0. The zero-order valence-electron chi connectivity index (χ0n) is 13.8. The molecule has 0 bridgehead atoms. The van der Waals surface area contributed by atoms with Crippen molar-refractivity contribution in [2.24, 2.45) is 0 Å². The number of urea groups is 1. The molecule has 2 fully saturated rings. The van der Waals surface area contributed by atoms with E-state index in [1.165, 1.54) is 0 Å². The smallest absolute Gasteiger partial charge is 0.335 e. The van der Waals surface area contributed by atoms with E-state index in [0.717, 1.165) is 9.80 Å². The fourth-order valence-electron chi connectivity index (χ4n) is 2.85. The van der Waals surface area contributed by atoms with Gasteiger partial charge in [0.1, 0.15) is 0 Å². The van der Waals surface area contributed by atoms with E-state index >= 15 is 0 Å². The Bertz CT molecular complexity index is 642. The summed E-state index contributed by atoms with van der Waals surface area (Å²) in [4.78, 5) is 50.8. The standard InChI is InChI=1S/C15H20N6O3/c1-11(2)21-13(23)12(22)20(15(21)24)10-18-6-8-19(9-7-18)14-16-4-3-5-17-14/h3-5,11H,6-10H2,1-2H3. The number of amides is 4. The average Bonchev–Trinajstić information content (AvgIpc) is 2.80. The van der Waals surface area contributed by atoms with Gasteiger partial charge < -0.3 is 4.90 Å². The van der Waals surface area contributed by atoms with Crippen LogP contribution in [-0.2, 0) is 9.59 Å². The molecule has 2 aliphatic heterocycles. The largest absolute Gasteiger partial charge is 0.338 e. The molecule has 4 amide bonds. The van der Waals surface area contributed by atoms with Crippen LogP contribution >= 0.6 is 0 Å². The second-order valence-electron chi connectivity index (χ2n) is 6.08. The van der Waals surface area contributed by atoms with Crippen LogP contribution in [0.4, 0.5) is 10.7 Å². The highest BCUT2D eigenvalue weighted by Crippen LogP contribution is 2.17. The van der Waals surface area contributed by atoms with Crippen LogP contribution in [0.25, 0.3) is 0 Å². The lowest BCUT2D eigenvalue weighted by atomic mass is 10.3. The first-order valence-electron chi connectivity index (χ1n) is 7.92. The predicted octanol–water partition coefficient (Wildman–Crippen LogP) is -0.245. The molecule has 9 heteroatoms. The maximum absolute atomic E-state index is 12.3. The molecule has 3 heterocycles. The molecular formula is C15H20N6O3. The minimum atomic E-state index is -0.748. The van der Waals surface area contributed by atoms with Crippen LogP contribution in [0.5, 0.6) is 0 Å². The summed E-state index contributed by atoms with van der Waals surface area (Å²) >= 11 is 0. The topological polar surface area (TPSA) is 90.0 Å². The maximum atomic E-state index is 12.3. The third kappa shape index (κ3) is 2.94. The number of hydrogen-bond acceptors (Lipinski definition) is 7. The molecule has 24 heavy (non-hydrogen) atoms. The van der Waals surface area contributed by atoms with Gasteiger partial charge in [0.15, 0.2) is 0 Å². The van der Waals surface area contributed by atoms with Crippen molar-refractivity contribution >= 4 is 23.8 Å². The molecular weight excluding hydrogens is 312 g/mol. The Hall–Kier alpha value is -2.55. The number of anilines is 1. The Morgan fingerprint density at radius 2 is 1.62 bits per heavy atom. The summed E-state index contributed by atoms with van der Waals surface area (Å²) in [6.07, 6.45) is 3.39. The van der Waals surface area contributed by atoms with Crippen LogP contribution in [0.2, 0.25) is 0 Å². The van der Waals surface area contributed by atoms with Gasteiger partial charge in [0.2, 0.25) is 5.95 Å². The van der Waals surface area contributed by atoms with E-state index in [9.17, 15) is 14.4 Å². The summed E-state index contributed by atoms with van der Waals surface area (Å²) in [6.45, 7) is 6.27. The first kappa shape index (κ1) is 16.3. The Morgan fingerprint density at radius 3 is 2.17 bits per heavy atom.